The summed E-state index contributed by atoms with van der Waals surface area (Å²) in [5.41, 5.74) is 8.87. The number of carbonyl (C=O) groups excluding carboxylic acids is 1. The van der Waals surface area contributed by atoms with Crippen molar-refractivity contribution in [1.82, 2.24) is 25.3 Å². The molecule has 3 aliphatic heterocycles. The van der Waals surface area contributed by atoms with E-state index in [4.69, 9.17) is 9.84 Å². The number of nitrogens with zero attached hydrogens (tertiary/aromatic N) is 4. The van der Waals surface area contributed by atoms with Crippen LogP contribution in [0.3, 0.4) is 0 Å². The Kier molecular flexibility index (Phi) is 6.00. The molecule has 0 aliphatic carbocycles. The lowest BCUT2D eigenvalue weighted by Gasteiger charge is -2.42. The standard InChI is InChI=1S/C28H33N7O2/c1-15-10-19-11-21(22-14-30-32-16(22)2)20(13-29)12-24(19)31-26(15)27-25-23(33-34-27)4-7-35(17(3)36)28(25)18-5-8-37-9-6-18/h11-12,14-15,18,26,28,31H,4-10H2,1-3H3,(H,30,32)(H,33,34). The van der Waals surface area contributed by atoms with Crippen LogP contribution < -0.4 is 5.32 Å². The van der Waals surface area contributed by atoms with Crippen LogP contribution in [-0.4, -0.2) is 51.0 Å². The summed E-state index contributed by atoms with van der Waals surface area (Å²) in [4.78, 5) is 14.8. The largest absolute Gasteiger partial charge is 0.381 e. The van der Waals surface area contributed by atoms with Crippen molar-refractivity contribution in [3.63, 3.8) is 0 Å². The molecule has 2 aromatic heterocycles. The average Bonchev–Trinajstić information content (AvgIpc) is 3.53. The van der Waals surface area contributed by atoms with E-state index in [0.717, 1.165) is 72.8 Å². The Hall–Kier alpha value is -3.64. The van der Waals surface area contributed by atoms with Crippen LogP contribution in [0.2, 0.25) is 0 Å². The summed E-state index contributed by atoms with van der Waals surface area (Å²) in [5, 5.41) is 29.1. The van der Waals surface area contributed by atoms with Gasteiger partial charge in [-0.05, 0) is 55.7 Å². The van der Waals surface area contributed by atoms with E-state index in [1.807, 2.05) is 24.1 Å². The number of nitrogens with one attached hydrogen (secondary N) is 3. The Bertz CT molecular complexity index is 1380. The number of nitriles is 1. The van der Waals surface area contributed by atoms with E-state index in [1.54, 1.807) is 6.92 Å². The fourth-order valence-electron chi connectivity index (χ4n) is 6.57. The predicted molar refractivity (Wildman–Crippen MR) is 139 cm³/mol. The fraction of sp³-hybridized carbons (Fsp3) is 0.500. The molecule has 9 heteroatoms. The number of hydrogen-bond donors (Lipinski definition) is 3. The van der Waals surface area contributed by atoms with Gasteiger partial charge in [-0.25, -0.2) is 0 Å². The molecule has 6 rings (SSSR count). The van der Waals surface area contributed by atoms with Crippen LogP contribution in [0.15, 0.2) is 18.3 Å². The van der Waals surface area contributed by atoms with Crippen LogP contribution in [0, 0.1) is 30.1 Å². The molecule has 3 unspecified atom stereocenters. The zero-order valence-electron chi connectivity index (χ0n) is 21.6. The van der Waals surface area contributed by atoms with Crippen molar-refractivity contribution in [2.24, 2.45) is 11.8 Å². The normalized spacial score (nSPS) is 23.6. The monoisotopic (exact) mass is 499 g/mol. The van der Waals surface area contributed by atoms with Crippen molar-refractivity contribution in [1.29, 1.82) is 5.26 Å². The summed E-state index contributed by atoms with van der Waals surface area (Å²) in [6.45, 7) is 8.05. The molecule has 192 valence electrons. The van der Waals surface area contributed by atoms with Gasteiger partial charge in [-0.1, -0.05) is 6.92 Å². The van der Waals surface area contributed by atoms with Crippen molar-refractivity contribution in [3.05, 3.63) is 52.1 Å². The maximum absolute atomic E-state index is 12.7. The third-order valence-corrected chi connectivity index (χ3v) is 8.47. The Morgan fingerprint density at radius 1 is 1.22 bits per heavy atom. The first-order chi connectivity index (χ1) is 18.0. The van der Waals surface area contributed by atoms with E-state index >= 15 is 0 Å². The number of hydrogen-bond acceptors (Lipinski definition) is 6. The number of amides is 1. The van der Waals surface area contributed by atoms with Crippen molar-refractivity contribution in [2.45, 2.75) is 58.5 Å². The first kappa shape index (κ1) is 23.7. The van der Waals surface area contributed by atoms with Gasteiger partial charge in [0.05, 0.1) is 35.1 Å². The number of fused-ring (bicyclic) bond motifs is 2. The van der Waals surface area contributed by atoms with E-state index in [0.29, 0.717) is 18.0 Å². The number of aromatic nitrogens is 4. The van der Waals surface area contributed by atoms with Gasteiger partial charge in [-0.15, -0.1) is 0 Å². The van der Waals surface area contributed by atoms with Gasteiger partial charge in [0.1, 0.15) is 0 Å². The summed E-state index contributed by atoms with van der Waals surface area (Å²) in [6.07, 6.45) is 5.38. The Morgan fingerprint density at radius 2 is 2.03 bits per heavy atom. The molecular weight excluding hydrogens is 466 g/mol. The summed E-state index contributed by atoms with van der Waals surface area (Å²) < 4.78 is 5.65. The summed E-state index contributed by atoms with van der Waals surface area (Å²) in [7, 11) is 0. The fourth-order valence-corrected chi connectivity index (χ4v) is 6.57. The molecule has 1 fully saturated rings. The highest BCUT2D eigenvalue weighted by Gasteiger charge is 2.42. The van der Waals surface area contributed by atoms with Gasteiger partial charge >= 0.3 is 0 Å². The molecule has 5 heterocycles. The Balaban J connectivity index is 1.39. The van der Waals surface area contributed by atoms with Crippen molar-refractivity contribution in [2.75, 3.05) is 25.1 Å². The lowest BCUT2D eigenvalue weighted by molar-refractivity contribution is -0.134. The van der Waals surface area contributed by atoms with Crippen LogP contribution in [0.4, 0.5) is 5.69 Å². The van der Waals surface area contributed by atoms with Gasteiger partial charge in [0.2, 0.25) is 5.91 Å². The highest BCUT2D eigenvalue weighted by atomic mass is 16.5. The third-order valence-electron chi connectivity index (χ3n) is 8.47. The minimum atomic E-state index is -0.0187. The molecule has 0 bridgehead atoms. The summed E-state index contributed by atoms with van der Waals surface area (Å²) in [6, 6.07) is 6.47. The molecule has 1 amide bonds. The molecule has 9 nitrogen and oxygen atoms in total. The third kappa shape index (κ3) is 4.00. The molecule has 0 saturated carbocycles. The second-order valence-electron chi connectivity index (χ2n) is 10.7. The highest BCUT2D eigenvalue weighted by Crippen LogP contribution is 2.46. The number of carbonyl (C=O) groups is 1. The SMILES string of the molecule is CC(=O)N1CCc2[nH]nc(C3Nc4cc(C#N)c(-c5c[nH]nc5C)cc4CC3C)c2C1C1CCOCC1. The van der Waals surface area contributed by atoms with Crippen molar-refractivity contribution < 1.29 is 9.53 Å². The molecule has 1 saturated heterocycles. The van der Waals surface area contributed by atoms with Crippen LogP contribution in [0.25, 0.3) is 11.1 Å². The molecule has 3 N–H and O–H groups in total. The minimum absolute atomic E-state index is 0.00964. The molecule has 0 radical (unpaired) electrons. The minimum Gasteiger partial charge on any atom is -0.381 e. The zero-order valence-corrected chi connectivity index (χ0v) is 21.6. The molecule has 3 atom stereocenters. The van der Waals surface area contributed by atoms with Crippen molar-refractivity contribution >= 4 is 11.6 Å². The molecular formula is C28H33N7O2. The van der Waals surface area contributed by atoms with Gasteiger partial charge < -0.3 is 15.0 Å². The Morgan fingerprint density at radius 3 is 2.73 bits per heavy atom. The van der Waals surface area contributed by atoms with E-state index in [-0.39, 0.29) is 23.9 Å². The lowest BCUT2D eigenvalue weighted by Crippen LogP contribution is -2.44. The second kappa shape index (κ2) is 9.34. The summed E-state index contributed by atoms with van der Waals surface area (Å²) >= 11 is 0. The van der Waals surface area contributed by atoms with Gasteiger partial charge in [0, 0.05) is 67.4 Å². The number of aryl methyl sites for hydroxylation is 1. The number of benzene rings is 1. The number of aromatic amines is 2. The maximum atomic E-state index is 12.7. The molecule has 3 aromatic rings. The van der Waals surface area contributed by atoms with Crippen LogP contribution in [-0.2, 0) is 22.4 Å². The number of H-pyrrole nitrogens is 2. The number of rotatable bonds is 3. The Labute approximate surface area is 216 Å². The smallest absolute Gasteiger partial charge is 0.219 e. The van der Waals surface area contributed by atoms with E-state index in [1.165, 1.54) is 11.1 Å². The summed E-state index contributed by atoms with van der Waals surface area (Å²) in [5.74, 6) is 0.740. The van der Waals surface area contributed by atoms with Gasteiger partial charge in [0.15, 0.2) is 0 Å². The molecule has 37 heavy (non-hydrogen) atoms. The van der Waals surface area contributed by atoms with Gasteiger partial charge in [-0.3, -0.25) is 15.0 Å². The van der Waals surface area contributed by atoms with Gasteiger partial charge in [0.25, 0.3) is 0 Å². The second-order valence-corrected chi connectivity index (χ2v) is 10.7. The first-order valence-corrected chi connectivity index (χ1v) is 13.2. The number of anilines is 1. The van der Waals surface area contributed by atoms with E-state index in [2.05, 4.69) is 39.7 Å². The van der Waals surface area contributed by atoms with Crippen LogP contribution in [0.1, 0.15) is 72.5 Å². The highest BCUT2D eigenvalue weighted by molar-refractivity contribution is 5.77. The van der Waals surface area contributed by atoms with Crippen LogP contribution in [0.5, 0.6) is 0 Å². The lowest BCUT2D eigenvalue weighted by atomic mass is 9.78. The average molecular weight is 500 g/mol. The predicted octanol–water partition coefficient (Wildman–Crippen LogP) is 4.20. The maximum Gasteiger partial charge on any atom is 0.219 e. The van der Waals surface area contributed by atoms with E-state index < -0.39 is 0 Å². The zero-order chi connectivity index (χ0) is 25.7. The number of ether oxygens (including phenoxy) is 1. The van der Waals surface area contributed by atoms with E-state index in [9.17, 15) is 10.1 Å². The van der Waals surface area contributed by atoms with Crippen LogP contribution >= 0.6 is 0 Å². The molecule has 1 aromatic carbocycles. The van der Waals surface area contributed by atoms with Crippen molar-refractivity contribution in [3.8, 4) is 17.2 Å². The molecule has 0 spiro atoms. The quantitative estimate of drug-likeness (QED) is 0.496. The van der Waals surface area contributed by atoms with Gasteiger partial charge in [-0.2, -0.15) is 15.5 Å². The topological polar surface area (TPSA) is 123 Å². The first-order valence-electron chi connectivity index (χ1n) is 13.2. The molecule has 3 aliphatic rings.